The first-order chi connectivity index (χ1) is 8.88. The average Bonchev–Trinajstić information content (AvgIpc) is 2.93. The Balaban J connectivity index is 2.06. The molecular weight excluding hydrogens is 234 g/mol. The molecule has 1 aromatic carbocycles. The van der Waals surface area contributed by atoms with Crippen LogP contribution in [0, 0.1) is 0 Å². The summed E-state index contributed by atoms with van der Waals surface area (Å²) in [4.78, 5) is 8.18. The fraction of sp³-hybridized carbons (Fsp3) is 0.562. The number of aromatic nitrogens is 2. The lowest BCUT2D eigenvalue weighted by Gasteiger charge is -2.24. The van der Waals surface area contributed by atoms with E-state index < -0.39 is 0 Å². The van der Waals surface area contributed by atoms with Crippen LogP contribution in [0.1, 0.15) is 51.9 Å². The van der Waals surface area contributed by atoms with Crippen molar-refractivity contribution in [3.05, 3.63) is 29.6 Å². The first kappa shape index (κ1) is 12.7. The smallest absolute Gasteiger partial charge is 0.112 e. The second-order valence-corrected chi connectivity index (χ2v) is 6.93. The summed E-state index contributed by atoms with van der Waals surface area (Å²) in [6.07, 6.45) is 2.46. The summed E-state index contributed by atoms with van der Waals surface area (Å²) in [5.74, 6) is 1.06. The maximum Gasteiger partial charge on any atom is 0.112 e. The summed E-state index contributed by atoms with van der Waals surface area (Å²) in [5.41, 5.74) is 3.77. The van der Waals surface area contributed by atoms with E-state index in [4.69, 9.17) is 4.98 Å². The van der Waals surface area contributed by atoms with E-state index in [1.807, 2.05) is 0 Å². The number of benzene rings is 1. The highest BCUT2D eigenvalue weighted by molar-refractivity contribution is 5.76. The summed E-state index contributed by atoms with van der Waals surface area (Å²) in [7, 11) is 0. The molecule has 1 fully saturated rings. The largest absolute Gasteiger partial charge is 0.342 e. The zero-order valence-electron chi connectivity index (χ0n) is 12.3. The van der Waals surface area contributed by atoms with E-state index in [9.17, 15) is 0 Å². The number of fused-ring (bicyclic) bond motifs is 1. The van der Waals surface area contributed by atoms with Crippen molar-refractivity contribution in [3.63, 3.8) is 0 Å². The summed E-state index contributed by atoms with van der Waals surface area (Å²) < 4.78 is 0. The van der Waals surface area contributed by atoms with E-state index in [1.165, 1.54) is 18.4 Å². The summed E-state index contributed by atoms with van der Waals surface area (Å²) in [5, 5.41) is 3.62. The van der Waals surface area contributed by atoms with E-state index in [1.54, 1.807) is 0 Å². The van der Waals surface area contributed by atoms with E-state index >= 15 is 0 Å². The summed E-state index contributed by atoms with van der Waals surface area (Å²) in [6.45, 7) is 9.97. The van der Waals surface area contributed by atoms with Gasteiger partial charge in [0.25, 0.3) is 0 Å². The molecule has 0 aliphatic carbocycles. The molecule has 3 nitrogen and oxygen atoms in total. The first-order valence-corrected chi connectivity index (χ1v) is 7.14. The van der Waals surface area contributed by atoms with Crippen molar-refractivity contribution < 1.29 is 0 Å². The molecule has 1 unspecified atom stereocenters. The molecule has 3 heteroatoms. The first-order valence-electron chi connectivity index (χ1n) is 7.14. The van der Waals surface area contributed by atoms with Gasteiger partial charge in [-0.3, -0.25) is 0 Å². The Morgan fingerprint density at radius 1 is 1.26 bits per heavy atom. The van der Waals surface area contributed by atoms with Crippen LogP contribution in [-0.4, -0.2) is 16.5 Å². The van der Waals surface area contributed by atoms with Crippen LogP contribution in [-0.2, 0) is 11.0 Å². The molecule has 2 aromatic rings. The number of rotatable bonds is 1. The van der Waals surface area contributed by atoms with Crippen molar-refractivity contribution in [2.24, 2.45) is 0 Å². The molecule has 0 bridgehead atoms. The molecular formula is C16H23N3. The zero-order valence-corrected chi connectivity index (χ0v) is 12.3. The van der Waals surface area contributed by atoms with Crippen LogP contribution in [0.3, 0.4) is 0 Å². The van der Waals surface area contributed by atoms with Gasteiger partial charge in [-0.25, -0.2) is 4.98 Å². The van der Waals surface area contributed by atoms with Crippen molar-refractivity contribution in [3.8, 4) is 0 Å². The Labute approximate surface area is 114 Å². The van der Waals surface area contributed by atoms with Crippen molar-refractivity contribution >= 4 is 11.0 Å². The fourth-order valence-corrected chi connectivity index (χ4v) is 2.85. The molecule has 1 saturated heterocycles. The number of nitrogens with one attached hydrogen (secondary N) is 2. The number of H-pyrrole nitrogens is 1. The maximum atomic E-state index is 4.70. The molecule has 19 heavy (non-hydrogen) atoms. The van der Waals surface area contributed by atoms with E-state index in [2.05, 4.69) is 56.2 Å². The van der Waals surface area contributed by atoms with Crippen LogP contribution in [0.15, 0.2) is 18.2 Å². The van der Waals surface area contributed by atoms with Crippen molar-refractivity contribution in [2.75, 3.05) is 6.54 Å². The predicted octanol–water partition coefficient (Wildman–Crippen LogP) is 3.46. The highest BCUT2D eigenvalue weighted by atomic mass is 15.0. The standard InChI is InChI=1S/C16H23N3/c1-15(2,3)14-18-12-7-6-11(10-13(12)19-14)16(4)8-5-9-17-16/h6-7,10,17H,5,8-9H2,1-4H3,(H,18,19). The van der Waals surface area contributed by atoms with Crippen LogP contribution in [0.2, 0.25) is 0 Å². The van der Waals surface area contributed by atoms with Crippen LogP contribution < -0.4 is 5.32 Å². The Morgan fingerprint density at radius 3 is 2.68 bits per heavy atom. The highest BCUT2D eigenvalue weighted by Gasteiger charge is 2.30. The van der Waals surface area contributed by atoms with Crippen molar-refractivity contribution in [1.82, 2.24) is 15.3 Å². The molecule has 1 aliphatic rings. The van der Waals surface area contributed by atoms with Gasteiger partial charge in [0.15, 0.2) is 0 Å². The number of hydrogen-bond donors (Lipinski definition) is 2. The van der Waals surface area contributed by atoms with Gasteiger partial charge < -0.3 is 10.3 Å². The molecule has 1 aliphatic heterocycles. The zero-order chi connectivity index (χ0) is 13.7. The van der Waals surface area contributed by atoms with Gasteiger partial charge in [-0.2, -0.15) is 0 Å². The third-order valence-corrected chi connectivity index (χ3v) is 4.20. The average molecular weight is 257 g/mol. The molecule has 2 heterocycles. The Hall–Kier alpha value is -1.35. The molecule has 1 atom stereocenters. The van der Waals surface area contributed by atoms with Crippen LogP contribution in [0.25, 0.3) is 11.0 Å². The van der Waals surface area contributed by atoms with Crippen molar-refractivity contribution in [2.45, 2.75) is 51.5 Å². The number of aromatic amines is 1. The van der Waals surface area contributed by atoms with Gasteiger partial charge in [0.05, 0.1) is 11.0 Å². The van der Waals surface area contributed by atoms with Crippen LogP contribution >= 0.6 is 0 Å². The molecule has 0 saturated carbocycles. The molecule has 2 N–H and O–H groups in total. The quantitative estimate of drug-likeness (QED) is 0.821. The van der Waals surface area contributed by atoms with Gasteiger partial charge in [0.1, 0.15) is 5.82 Å². The monoisotopic (exact) mass is 257 g/mol. The van der Waals surface area contributed by atoms with Gasteiger partial charge in [0, 0.05) is 11.0 Å². The van der Waals surface area contributed by atoms with E-state index in [0.29, 0.717) is 0 Å². The third kappa shape index (κ3) is 2.16. The van der Waals surface area contributed by atoms with Gasteiger partial charge in [0.2, 0.25) is 0 Å². The van der Waals surface area contributed by atoms with Gasteiger partial charge in [-0.15, -0.1) is 0 Å². The fourth-order valence-electron chi connectivity index (χ4n) is 2.85. The Kier molecular flexibility index (Phi) is 2.72. The minimum absolute atomic E-state index is 0.0642. The molecule has 3 rings (SSSR count). The second-order valence-electron chi connectivity index (χ2n) is 6.93. The van der Waals surface area contributed by atoms with Crippen molar-refractivity contribution in [1.29, 1.82) is 0 Å². The lowest BCUT2D eigenvalue weighted by molar-refractivity contribution is 0.435. The normalized spacial score (nSPS) is 24.2. The maximum absolute atomic E-state index is 4.70. The lowest BCUT2D eigenvalue weighted by atomic mass is 9.90. The molecule has 102 valence electrons. The third-order valence-electron chi connectivity index (χ3n) is 4.20. The highest BCUT2D eigenvalue weighted by Crippen LogP contribution is 2.32. The molecule has 0 amide bonds. The Bertz CT molecular complexity index is 598. The molecule has 1 aromatic heterocycles. The van der Waals surface area contributed by atoms with E-state index in [-0.39, 0.29) is 11.0 Å². The van der Waals surface area contributed by atoms with Gasteiger partial charge in [-0.1, -0.05) is 26.8 Å². The van der Waals surface area contributed by atoms with E-state index in [0.717, 1.165) is 23.4 Å². The predicted molar refractivity (Wildman–Crippen MR) is 79.4 cm³/mol. The van der Waals surface area contributed by atoms with Crippen LogP contribution in [0.5, 0.6) is 0 Å². The van der Waals surface area contributed by atoms with Gasteiger partial charge in [-0.05, 0) is 44.0 Å². The number of hydrogen-bond acceptors (Lipinski definition) is 2. The SMILES string of the molecule is CC(C)(C)c1nc2ccc(C3(C)CCCN3)cc2[nH]1. The van der Waals surface area contributed by atoms with Crippen LogP contribution in [0.4, 0.5) is 0 Å². The van der Waals surface area contributed by atoms with Gasteiger partial charge >= 0.3 is 0 Å². The molecule has 0 spiro atoms. The lowest BCUT2D eigenvalue weighted by Crippen LogP contribution is -2.32. The minimum atomic E-state index is 0.0642. The summed E-state index contributed by atoms with van der Waals surface area (Å²) in [6, 6.07) is 6.62. The summed E-state index contributed by atoms with van der Waals surface area (Å²) >= 11 is 0. The Morgan fingerprint density at radius 2 is 2.05 bits per heavy atom. The minimum Gasteiger partial charge on any atom is -0.342 e. The number of nitrogens with zero attached hydrogens (tertiary/aromatic N) is 1. The topological polar surface area (TPSA) is 40.7 Å². The second kappa shape index (κ2) is 4.07. The number of imidazole rings is 1. The molecule has 0 radical (unpaired) electrons.